The Morgan fingerprint density at radius 2 is 1.94 bits per heavy atom. The van der Waals surface area contributed by atoms with E-state index in [-0.39, 0.29) is 11.0 Å². The Kier molecular flexibility index (Phi) is 3.02. The summed E-state index contributed by atoms with van der Waals surface area (Å²) in [6, 6.07) is 0. The summed E-state index contributed by atoms with van der Waals surface area (Å²) < 4.78 is 11.0. The first-order chi connectivity index (χ1) is 8.12. The predicted octanol–water partition coefficient (Wildman–Crippen LogP) is 2.11. The first-order valence-corrected chi connectivity index (χ1v) is 6.40. The van der Waals surface area contributed by atoms with Gasteiger partial charge in [-0.25, -0.2) is 0 Å². The molecular formula is C13H23N3O2. The van der Waals surface area contributed by atoms with Crippen molar-refractivity contribution in [2.75, 3.05) is 6.61 Å². The molecule has 2 heterocycles. The van der Waals surface area contributed by atoms with Gasteiger partial charge < -0.3 is 15.0 Å². The van der Waals surface area contributed by atoms with Crippen LogP contribution in [0.2, 0.25) is 0 Å². The number of ether oxygens (including phenoxy) is 1. The second-order valence-electron chi connectivity index (χ2n) is 6.86. The molecule has 0 aliphatic carbocycles. The van der Waals surface area contributed by atoms with Crippen LogP contribution in [0.1, 0.15) is 59.2 Å². The Hall–Kier alpha value is -0.940. The highest BCUT2D eigenvalue weighted by Gasteiger charge is 2.43. The molecule has 1 unspecified atom stereocenters. The Balaban J connectivity index is 2.28. The Morgan fingerprint density at radius 1 is 1.28 bits per heavy atom. The first kappa shape index (κ1) is 13.5. The lowest BCUT2D eigenvalue weighted by Gasteiger charge is -2.40. The topological polar surface area (TPSA) is 74.2 Å². The van der Waals surface area contributed by atoms with Crippen molar-refractivity contribution in [2.45, 2.75) is 64.0 Å². The highest BCUT2D eigenvalue weighted by molar-refractivity contribution is 5.10. The summed E-state index contributed by atoms with van der Waals surface area (Å²) in [6.45, 7) is 10.8. The molecule has 5 heteroatoms. The van der Waals surface area contributed by atoms with Crippen LogP contribution in [-0.4, -0.2) is 22.3 Å². The van der Waals surface area contributed by atoms with Crippen molar-refractivity contribution in [3.05, 3.63) is 11.7 Å². The molecule has 0 amide bonds. The molecule has 0 saturated carbocycles. The lowest BCUT2D eigenvalue weighted by atomic mass is 9.81. The van der Waals surface area contributed by atoms with Crippen LogP contribution in [0.3, 0.4) is 0 Å². The number of nitrogens with zero attached hydrogens (tertiary/aromatic N) is 2. The fourth-order valence-corrected chi connectivity index (χ4v) is 2.33. The van der Waals surface area contributed by atoms with Crippen molar-refractivity contribution < 1.29 is 9.26 Å². The molecule has 1 atom stereocenters. The molecule has 1 aromatic heterocycles. The van der Waals surface area contributed by atoms with Crippen molar-refractivity contribution >= 4 is 0 Å². The molecule has 1 aliphatic rings. The molecule has 2 rings (SSSR count). The molecule has 1 aromatic rings. The Labute approximate surface area is 108 Å². The van der Waals surface area contributed by atoms with Crippen LogP contribution in [0.25, 0.3) is 0 Å². The van der Waals surface area contributed by atoms with Crippen LogP contribution in [0.5, 0.6) is 0 Å². The van der Waals surface area contributed by atoms with Crippen LogP contribution < -0.4 is 5.73 Å². The molecule has 0 radical (unpaired) electrons. The maximum absolute atomic E-state index is 6.45. The van der Waals surface area contributed by atoms with E-state index < -0.39 is 5.54 Å². The summed E-state index contributed by atoms with van der Waals surface area (Å²) in [4.78, 5) is 4.48. The van der Waals surface area contributed by atoms with Gasteiger partial charge in [0.05, 0.1) is 11.1 Å². The summed E-state index contributed by atoms with van der Waals surface area (Å²) >= 11 is 0. The third-order valence-corrected chi connectivity index (χ3v) is 3.30. The Bertz CT molecular complexity index is 434. The van der Waals surface area contributed by atoms with Crippen LogP contribution in [0.15, 0.2) is 4.52 Å². The van der Waals surface area contributed by atoms with Gasteiger partial charge in [-0.05, 0) is 20.3 Å². The molecule has 1 fully saturated rings. The number of hydrogen-bond donors (Lipinski definition) is 1. The maximum atomic E-state index is 6.45. The maximum Gasteiger partial charge on any atom is 0.232 e. The molecule has 2 N–H and O–H groups in total. The van der Waals surface area contributed by atoms with Crippen molar-refractivity contribution in [3.8, 4) is 0 Å². The number of rotatable bonds is 1. The van der Waals surface area contributed by atoms with Crippen LogP contribution in [0, 0.1) is 0 Å². The minimum absolute atomic E-state index is 0.151. The highest BCUT2D eigenvalue weighted by Crippen LogP contribution is 2.36. The van der Waals surface area contributed by atoms with Gasteiger partial charge in [0.2, 0.25) is 5.89 Å². The quantitative estimate of drug-likeness (QED) is 0.829. The molecule has 1 saturated heterocycles. The molecular weight excluding hydrogens is 230 g/mol. The van der Waals surface area contributed by atoms with Gasteiger partial charge in [-0.3, -0.25) is 0 Å². The Morgan fingerprint density at radius 3 is 2.44 bits per heavy atom. The average molecular weight is 253 g/mol. The van der Waals surface area contributed by atoms with E-state index >= 15 is 0 Å². The molecule has 0 aromatic carbocycles. The van der Waals surface area contributed by atoms with Gasteiger partial charge in [-0.15, -0.1) is 0 Å². The lowest BCUT2D eigenvalue weighted by Crippen LogP contribution is -2.50. The minimum atomic E-state index is -0.547. The molecule has 18 heavy (non-hydrogen) atoms. The van der Waals surface area contributed by atoms with E-state index in [1.54, 1.807) is 0 Å². The fourth-order valence-electron chi connectivity index (χ4n) is 2.33. The number of aromatic nitrogens is 2. The summed E-state index contributed by atoms with van der Waals surface area (Å²) in [5.74, 6) is 1.23. The zero-order chi connectivity index (χ0) is 13.6. The SMILES string of the molecule is CC1(C)CC(N)(c2noc(C(C)(C)C)n2)CCO1. The highest BCUT2D eigenvalue weighted by atomic mass is 16.5. The summed E-state index contributed by atoms with van der Waals surface area (Å²) in [5.41, 5.74) is 5.51. The van der Waals surface area contributed by atoms with Crippen molar-refractivity contribution in [2.24, 2.45) is 5.73 Å². The van der Waals surface area contributed by atoms with Crippen LogP contribution in [-0.2, 0) is 15.7 Å². The zero-order valence-corrected chi connectivity index (χ0v) is 11.9. The van der Waals surface area contributed by atoms with Crippen LogP contribution >= 0.6 is 0 Å². The minimum Gasteiger partial charge on any atom is -0.375 e. The van der Waals surface area contributed by atoms with Gasteiger partial charge in [0.1, 0.15) is 0 Å². The predicted molar refractivity (Wildman–Crippen MR) is 68.1 cm³/mol. The van der Waals surface area contributed by atoms with E-state index in [4.69, 9.17) is 15.0 Å². The second-order valence-corrected chi connectivity index (χ2v) is 6.86. The average Bonchev–Trinajstić information content (AvgIpc) is 2.63. The van der Waals surface area contributed by atoms with E-state index in [9.17, 15) is 0 Å². The van der Waals surface area contributed by atoms with E-state index in [2.05, 4.69) is 10.1 Å². The van der Waals surface area contributed by atoms with E-state index in [1.807, 2.05) is 34.6 Å². The summed E-state index contributed by atoms with van der Waals surface area (Å²) in [6.07, 6.45) is 1.42. The molecule has 0 spiro atoms. The smallest absolute Gasteiger partial charge is 0.232 e. The van der Waals surface area contributed by atoms with Crippen molar-refractivity contribution in [3.63, 3.8) is 0 Å². The third-order valence-electron chi connectivity index (χ3n) is 3.30. The van der Waals surface area contributed by atoms with Crippen LogP contribution in [0.4, 0.5) is 0 Å². The lowest BCUT2D eigenvalue weighted by molar-refractivity contribution is -0.0832. The molecule has 1 aliphatic heterocycles. The fraction of sp³-hybridized carbons (Fsp3) is 0.846. The number of nitrogens with two attached hydrogens (primary N) is 1. The van der Waals surface area contributed by atoms with E-state index in [1.165, 1.54) is 0 Å². The third kappa shape index (κ3) is 2.57. The summed E-state index contributed by atoms with van der Waals surface area (Å²) in [5, 5.41) is 4.08. The monoisotopic (exact) mass is 253 g/mol. The molecule has 102 valence electrons. The molecule has 0 bridgehead atoms. The van der Waals surface area contributed by atoms with Gasteiger partial charge >= 0.3 is 0 Å². The molecule has 5 nitrogen and oxygen atoms in total. The number of hydrogen-bond acceptors (Lipinski definition) is 5. The van der Waals surface area contributed by atoms with Gasteiger partial charge in [0, 0.05) is 18.4 Å². The zero-order valence-electron chi connectivity index (χ0n) is 11.9. The van der Waals surface area contributed by atoms with Gasteiger partial charge in [0.25, 0.3) is 0 Å². The standard InChI is InChI=1S/C13H23N3O2/c1-11(2,3)10-15-9(16-18-10)13(14)6-7-17-12(4,5)8-13/h6-8,14H2,1-5H3. The summed E-state index contributed by atoms with van der Waals surface area (Å²) in [7, 11) is 0. The van der Waals surface area contributed by atoms with Crippen molar-refractivity contribution in [1.82, 2.24) is 10.1 Å². The van der Waals surface area contributed by atoms with E-state index in [0.29, 0.717) is 24.7 Å². The van der Waals surface area contributed by atoms with Gasteiger partial charge in [-0.1, -0.05) is 25.9 Å². The van der Waals surface area contributed by atoms with Gasteiger partial charge in [0.15, 0.2) is 5.82 Å². The van der Waals surface area contributed by atoms with Crippen molar-refractivity contribution in [1.29, 1.82) is 0 Å². The largest absolute Gasteiger partial charge is 0.375 e. The van der Waals surface area contributed by atoms with E-state index in [0.717, 1.165) is 6.42 Å². The normalized spacial score (nSPS) is 28.3. The second kappa shape index (κ2) is 4.03. The van der Waals surface area contributed by atoms with Gasteiger partial charge in [-0.2, -0.15) is 4.98 Å². The first-order valence-electron chi connectivity index (χ1n) is 6.40.